The van der Waals surface area contributed by atoms with E-state index in [0.717, 1.165) is 18.5 Å². The van der Waals surface area contributed by atoms with Gasteiger partial charge >= 0.3 is 0 Å². The van der Waals surface area contributed by atoms with Crippen molar-refractivity contribution in [1.29, 1.82) is 0 Å². The minimum atomic E-state index is 0.430. The Morgan fingerprint density at radius 3 is 2.86 bits per heavy atom. The molecular formula is C20H28NO+. The molecule has 1 N–H and O–H groups in total. The molecule has 1 saturated heterocycles. The number of nitrogens with zero attached hydrogens (tertiary/aromatic N) is 1. The summed E-state index contributed by atoms with van der Waals surface area (Å²) < 4.78 is 1.27. The van der Waals surface area contributed by atoms with E-state index in [0.29, 0.717) is 17.6 Å². The van der Waals surface area contributed by atoms with E-state index in [1.807, 2.05) is 12.1 Å². The van der Waals surface area contributed by atoms with Crippen molar-refractivity contribution in [3.05, 3.63) is 42.0 Å². The maximum absolute atomic E-state index is 9.87. The van der Waals surface area contributed by atoms with E-state index in [1.165, 1.54) is 54.4 Å². The maximum Gasteiger partial charge on any atom is 0.115 e. The van der Waals surface area contributed by atoms with Crippen LogP contribution in [0, 0.1) is 11.8 Å². The van der Waals surface area contributed by atoms with Crippen molar-refractivity contribution in [2.75, 3.05) is 19.6 Å². The average molecular weight is 298 g/mol. The van der Waals surface area contributed by atoms with E-state index < -0.39 is 0 Å². The number of hydrogen-bond donors (Lipinski definition) is 1. The zero-order valence-corrected chi connectivity index (χ0v) is 13.7. The van der Waals surface area contributed by atoms with Crippen LogP contribution in [0.1, 0.15) is 43.2 Å². The molecule has 3 aliphatic rings. The molecule has 2 bridgehead atoms. The second-order valence-electron chi connectivity index (χ2n) is 7.95. The molecule has 2 aliphatic carbocycles. The zero-order valence-electron chi connectivity index (χ0n) is 13.7. The Labute approximate surface area is 134 Å². The second-order valence-corrected chi connectivity index (χ2v) is 7.95. The van der Waals surface area contributed by atoms with E-state index in [2.05, 4.69) is 25.6 Å². The van der Waals surface area contributed by atoms with Crippen molar-refractivity contribution in [3.8, 4) is 5.75 Å². The van der Waals surface area contributed by atoms with Crippen molar-refractivity contribution >= 4 is 0 Å². The number of hydrogen-bond acceptors (Lipinski definition) is 1. The first kappa shape index (κ1) is 14.3. The largest absolute Gasteiger partial charge is 0.508 e. The van der Waals surface area contributed by atoms with E-state index in [-0.39, 0.29) is 0 Å². The van der Waals surface area contributed by atoms with E-state index in [1.54, 1.807) is 0 Å². The van der Waals surface area contributed by atoms with Crippen molar-refractivity contribution in [3.63, 3.8) is 0 Å². The number of rotatable bonds is 4. The van der Waals surface area contributed by atoms with Crippen LogP contribution in [0.15, 0.2) is 30.9 Å². The van der Waals surface area contributed by atoms with Crippen LogP contribution in [0.3, 0.4) is 0 Å². The molecule has 1 aromatic rings. The number of phenolic OH excluding ortho intramolecular Hbond substituents is 1. The lowest BCUT2D eigenvalue weighted by molar-refractivity contribution is -0.957. The Hall–Kier alpha value is -1.28. The normalized spacial score (nSPS) is 36.7. The molecule has 22 heavy (non-hydrogen) atoms. The summed E-state index contributed by atoms with van der Waals surface area (Å²) in [6, 6.07) is 6.80. The molecule has 0 aromatic heterocycles. The summed E-state index contributed by atoms with van der Waals surface area (Å²) in [6.45, 7) is 10.3. The van der Waals surface area contributed by atoms with E-state index in [9.17, 15) is 5.11 Å². The van der Waals surface area contributed by atoms with Crippen molar-refractivity contribution in [2.24, 2.45) is 11.8 Å². The highest BCUT2D eigenvalue weighted by molar-refractivity contribution is 5.40. The average Bonchev–Trinajstić information content (AvgIpc) is 3.28. The van der Waals surface area contributed by atoms with Crippen LogP contribution in [0.2, 0.25) is 0 Å². The SMILES string of the molecule is C=CC[N+]1(CC2CC2)CCC2c3cc(O)ccc3CC1C2C. The molecular weight excluding hydrogens is 270 g/mol. The van der Waals surface area contributed by atoms with Crippen LogP contribution in [0.4, 0.5) is 0 Å². The van der Waals surface area contributed by atoms with Crippen molar-refractivity contribution < 1.29 is 9.59 Å². The van der Waals surface area contributed by atoms with Gasteiger partial charge in [-0.3, -0.25) is 0 Å². The van der Waals surface area contributed by atoms with Crippen LogP contribution in [0.25, 0.3) is 0 Å². The summed E-state index contributed by atoms with van der Waals surface area (Å²) in [4.78, 5) is 0. The molecule has 4 rings (SSSR count). The van der Waals surface area contributed by atoms with Crippen LogP contribution < -0.4 is 0 Å². The molecule has 2 fully saturated rings. The molecule has 0 spiro atoms. The lowest BCUT2D eigenvalue weighted by atomic mass is 9.67. The lowest BCUT2D eigenvalue weighted by Crippen LogP contribution is -2.65. The fraction of sp³-hybridized carbons (Fsp3) is 0.600. The molecule has 1 heterocycles. The topological polar surface area (TPSA) is 20.2 Å². The Kier molecular flexibility index (Phi) is 3.34. The quantitative estimate of drug-likeness (QED) is 0.661. The third kappa shape index (κ3) is 2.20. The summed E-state index contributed by atoms with van der Waals surface area (Å²) >= 11 is 0. The minimum Gasteiger partial charge on any atom is -0.508 e. The molecule has 2 heteroatoms. The number of fused-ring (bicyclic) bond motifs is 4. The number of piperidine rings is 1. The highest BCUT2D eigenvalue weighted by Gasteiger charge is 2.51. The molecule has 4 atom stereocenters. The van der Waals surface area contributed by atoms with Crippen LogP contribution in [-0.2, 0) is 6.42 Å². The van der Waals surface area contributed by atoms with Gasteiger partial charge in [0.15, 0.2) is 0 Å². The smallest absolute Gasteiger partial charge is 0.115 e. The Balaban J connectivity index is 1.72. The van der Waals surface area contributed by atoms with Gasteiger partial charge in [0.2, 0.25) is 0 Å². The molecule has 0 amide bonds. The predicted octanol–water partition coefficient (Wildman–Crippen LogP) is 3.85. The third-order valence-corrected chi connectivity index (χ3v) is 6.60. The van der Waals surface area contributed by atoms with Gasteiger partial charge in [-0.1, -0.05) is 19.6 Å². The van der Waals surface area contributed by atoms with Gasteiger partial charge in [-0.2, -0.15) is 0 Å². The second kappa shape index (κ2) is 5.13. The first-order valence-electron chi connectivity index (χ1n) is 8.91. The van der Waals surface area contributed by atoms with Gasteiger partial charge in [0, 0.05) is 24.7 Å². The highest BCUT2D eigenvalue weighted by Crippen LogP contribution is 2.49. The Morgan fingerprint density at radius 2 is 2.14 bits per heavy atom. The predicted molar refractivity (Wildman–Crippen MR) is 89.9 cm³/mol. The molecule has 1 saturated carbocycles. The minimum absolute atomic E-state index is 0.430. The molecule has 2 nitrogen and oxygen atoms in total. The summed E-state index contributed by atoms with van der Waals surface area (Å²) in [5, 5.41) is 9.87. The summed E-state index contributed by atoms with van der Waals surface area (Å²) in [6.07, 6.45) is 7.46. The first-order valence-corrected chi connectivity index (χ1v) is 8.91. The van der Waals surface area contributed by atoms with Crippen molar-refractivity contribution in [2.45, 2.75) is 44.6 Å². The molecule has 0 radical (unpaired) electrons. The zero-order chi connectivity index (χ0) is 15.3. The summed E-state index contributed by atoms with van der Waals surface area (Å²) in [7, 11) is 0. The number of likely N-dealkylation sites (tertiary alicyclic amines) is 1. The van der Waals surface area contributed by atoms with Gasteiger partial charge in [0.1, 0.15) is 5.75 Å². The van der Waals surface area contributed by atoms with E-state index in [4.69, 9.17) is 0 Å². The van der Waals surface area contributed by atoms with Crippen LogP contribution >= 0.6 is 0 Å². The highest BCUT2D eigenvalue weighted by atomic mass is 16.3. The van der Waals surface area contributed by atoms with Gasteiger partial charge in [-0.15, -0.1) is 0 Å². The lowest BCUT2D eigenvalue weighted by Gasteiger charge is -2.55. The van der Waals surface area contributed by atoms with Crippen molar-refractivity contribution in [1.82, 2.24) is 0 Å². The first-order chi connectivity index (χ1) is 10.6. The molecule has 118 valence electrons. The van der Waals surface area contributed by atoms with Gasteiger partial charge in [0.25, 0.3) is 0 Å². The van der Waals surface area contributed by atoms with Crippen LogP contribution in [-0.4, -0.2) is 35.3 Å². The fourth-order valence-corrected chi connectivity index (χ4v) is 5.35. The number of benzene rings is 1. The van der Waals surface area contributed by atoms with Crippen LogP contribution in [0.5, 0.6) is 5.75 Å². The maximum atomic E-state index is 9.87. The molecule has 1 aromatic carbocycles. The van der Waals surface area contributed by atoms with Gasteiger partial charge < -0.3 is 9.59 Å². The number of aromatic hydroxyl groups is 1. The standard InChI is InChI=1S/C20H27NO/c1-3-9-21(13-15-4-5-15)10-8-18-14(2)20(21)11-16-6-7-17(22)12-19(16)18/h3,6-7,12,14-15,18,20H,1,4-5,8-11,13H2,2H3/p+1. The summed E-state index contributed by atoms with van der Waals surface area (Å²) in [5.74, 6) is 2.74. The Morgan fingerprint density at radius 1 is 1.32 bits per heavy atom. The monoisotopic (exact) mass is 298 g/mol. The van der Waals surface area contributed by atoms with Gasteiger partial charge in [0.05, 0.1) is 25.7 Å². The molecule has 1 aliphatic heterocycles. The fourth-order valence-electron chi connectivity index (χ4n) is 5.35. The third-order valence-electron chi connectivity index (χ3n) is 6.60. The number of phenols is 1. The summed E-state index contributed by atoms with van der Waals surface area (Å²) in [5.41, 5.74) is 2.90. The number of quaternary nitrogens is 1. The molecule has 4 unspecified atom stereocenters. The Bertz CT molecular complexity index is 591. The van der Waals surface area contributed by atoms with Gasteiger partial charge in [-0.05, 0) is 48.1 Å². The van der Waals surface area contributed by atoms with Gasteiger partial charge in [-0.25, -0.2) is 0 Å². The van der Waals surface area contributed by atoms with E-state index >= 15 is 0 Å².